The fourth-order valence-corrected chi connectivity index (χ4v) is 3.30. The Morgan fingerprint density at radius 1 is 1.44 bits per heavy atom. The summed E-state index contributed by atoms with van der Waals surface area (Å²) in [7, 11) is 1.52. The number of carbonyl (C=O) groups is 1. The molecule has 0 atom stereocenters. The highest BCUT2D eigenvalue weighted by atomic mass is 35.5. The zero-order valence-corrected chi connectivity index (χ0v) is 15.9. The number of carbonyl (C=O) groups excluding carboxylic acids is 1. The number of aryl methyl sites for hydroxylation is 1. The van der Waals surface area contributed by atoms with Crippen LogP contribution < -0.4 is 20.5 Å². The molecule has 0 aliphatic carbocycles. The molecule has 8 heteroatoms. The Morgan fingerprint density at radius 3 is 2.88 bits per heavy atom. The molecule has 6 nitrogen and oxygen atoms in total. The quantitative estimate of drug-likeness (QED) is 0.616. The van der Waals surface area contributed by atoms with Crippen molar-refractivity contribution in [2.45, 2.75) is 26.3 Å². The largest absolute Gasteiger partial charge is 0.493 e. The highest BCUT2D eigenvalue weighted by molar-refractivity contribution is 7.09. The molecule has 25 heavy (non-hydrogen) atoms. The molecule has 2 rings (SSSR count). The standard InChI is InChI=1S/C17H22ClN3O3S/c1-3-16-21-12(10-25-16)4-5-20-8-11-6-13(18)17(14(7-11)23-2)24-9-15(19)22/h6-7,10,20H,3-5,8-9H2,1-2H3,(H2,19,22). The van der Waals surface area contributed by atoms with E-state index in [0.717, 1.165) is 35.7 Å². The molecule has 0 radical (unpaired) electrons. The highest BCUT2D eigenvalue weighted by Gasteiger charge is 2.13. The second-order valence-electron chi connectivity index (χ2n) is 5.38. The molecular formula is C17H22ClN3O3S. The van der Waals surface area contributed by atoms with Crippen LogP contribution in [-0.2, 0) is 24.2 Å². The monoisotopic (exact) mass is 383 g/mol. The number of hydrogen-bond donors (Lipinski definition) is 2. The first-order chi connectivity index (χ1) is 12.0. The van der Waals surface area contributed by atoms with Gasteiger partial charge in [-0.25, -0.2) is 4.98 Å². The third-order valence-electron chi connectivity index (χ3n) is 3.44. The summed E-state index contributed by atoms with van der Waals surface area (Å²) in [5, 5.41) is 7.01. The number of ether oxygens (including phenoxy) is 2. The molecule has 0 saturated heterocycles. The van der Waals surface area contributed by atoms with Crippen LogP contribution in [0.25, 0.3) is 0 Å². The van der Waals surface area contributed by atoms with E-state index >= 15 is 0 Å². The molecule has 2 aromatic rings. The summed E-state index contributed by atoms with van der Waals surface area (Å²) in [6, 6.07) is 3.61. The number of aromatic nitrogens is 1. The second kappa shape index (κ2) is 9.60. The number of methoxy groups -OCH3 is 1. The molecule has 1 heterocycles. The Hall–Kier alpha value is -1.83. The van der Waals surface area contributed by atoms with E-state index in [0.29, 0.717) is 23.1 Å². The molecule has 3 N–H and O–H groups in total. The number of hydrogen-bond acceptors (Lipinski definition) is 6. The molecule has 0 aliphatic heterocycles. The zero-order valence-electron chi connectivity index (χ0n) is 14.3. The van der Waals surface area contributed by atoms with Crippen LogP contribution in [0.15, 0.2) is 17.5 Å². The number of primary amides is 1. The van der Waals surface area contributed by atoms with Crippen molar-refractivity contribution in [3.63, 3.8) is 0 Å². The summed E-state index contributed by atoms with van der Waals surface area (Å²) in [6.45, 7) is 3.31. The smallest absolute Gasteiger partial charge is 0.255 e. The van der Waals surface area contributed by atoms with E-state index in [1.165, 1.54) is 7.11 Å². The molecule has 0 fully saturated rings. The SMILES string of the molecule is CCc1nc(CCNCc2cc(Cl)c(OCC(N)=O)c(OC)c2)cs1. The first-order valence-electron chi connectivity index (χ1n) is 7.95. The number of amides is 1. The number of thiazole rings is 1. The molecular weight excluding hydrogens is 362 g/mol. The van der Waals surface area contributed by atoms with Crippen molar-refractivity contribution in [2.24, 2.45) is 5.73 Å². The first-order valence-corrected chi connectivity index (χ1v) is 9.20. The van der Waals surface area contributed by atoms with Crippen LogP contribution in [0.3, 0.4) is 0 Å². The molecule has 0 bridgehead atoms. The maximum atomic E-state index is 10.9. The van der Waals surface area contributed by atoms with Crippen LogP contribution in [0.5, 0.6) is 11.5 Å². The predicted octanol–water partition coefficient (Wildman–Crippen LogP) is 2.56. The highest BCUT2D eigenvalue weighted by Crippen LogP contribution is 2.36. The lowest BCUT2D eigenvalue weighted by Gasteiger charge is -2.13. The van der Waals surface area contributed by atoms with Gasteiger partial charge in [0.1, 0.15) is 0 Å². The van der Waals surface area contributed by atoms with Crippen molar-refractivity contribution in [3.8, 4) is 11.5 Å². The lowest BCUT2D eigenvalue weighted by atomic mass is 10.2. The van der Waals surface area contributed by atoms with Gasteiger partial charge >= 0.3 is 0 Å². The Labute approximate surface area is 156 Å². The number of nitrogens with zero attached hydrogens (tertiary/aromatic N) is 1. The van der Waals surface area contributed by atoms with Crippen molar-refractivity contribution < 1.29 is 14.3 Å². The van der Waals surface area contributed by atoms with Gasteiger partial charge in [-0.05, 0) is 24.1 Å². The van der Waals surface area contributed by atoms with Crippen LogP contribution in [0.1, 0.15) is 23.2 Å². The van der Waals surface area contributed by atoms with Gasteiger partial charge in [-0.1, -0.05) is 18.5 Å². The summed E-state index contributed by atoms with van der Waals surface area (Å²) < 4.78 is 10.6. The van der Waals surface area contributed by atoms with Crippen LogP contribution in [0.4, 0.5) is 0 Å². The maximum absolute atomic E-state index is 10.9. The van der Waals surface area contributed by atoms with E-state index in [1.807, 2.05) is 6.07 Å². The number of nitrogens with two attached hydrogens (primary N) is 1. The molecule has 0 spiro atoms. The third-order valence-corrected chi connectivity index (χ3v) is 4.76. The van der Waals surface area contributed by atoms with Gasteiger partial charge in [0.15, 0.2) is 18.1 Å². The predicted molar refractivity (Wildman–Crippen MR) is 99.6 cm³/mol. The summed E-state index contributed by atoms with van der Waals surface area (Å²) in [4.78, 5) is 15.4. The van der Waals surface area contributed by atoms with Gasteiger partial charge < -0.3 is 20.5 Å². The first kappa shape index (κ1) is 19.5. The topological polar surface area (TPSA) is 86.5 Å². The molecule has 1 aromatic heterocycles. The lowest BCUT2D eigenvalue weighted by Crippen LogP contribution is -2.20. The van der Waals surface area contributed by atoms with Gasteiger partial charge in [-0.3, -0.25) is 4.79 Å². The van der Waals surface area contributed by atoms with Gasteiger partial charge in [0.2, 0.25) is 0 Å². The fourth-order valence-electron chi connectivity index (χ4n) is 2.23. The molecule has 1 amide bonds. The van der Waals surface area contributed by atoms with Gasteiger partial charge in [-0.2, -0.15) is 0 Å². The lowest BCUT2D eigenvalue weighted by molar-refractivity contribution is -0.119. The summed E-state index contributed by atoms with van der Waals surface area (Å²) in [6.07, 6.45) is 1.85. The van der Waals surface area contributed by atoms with Gasteiger partial charge in [0.05, 0.1) is 22.8 Å². The number of rotatable bonds is 10. The van der Waals surface area contributed by atoms with E-state index < -0.39 is 5.91 Å². The van der Waals surface area contributed by atoms with Crippen LogP contribution >= 0.6 is 22.9 Å². The average molecular weight is 384 g/mol. The van der Waals surface area contributed by atoms with Crippen molar-refractivity contribution >= 4 is 28.8 Å². The van der Waals surface area contributed by atoms with Gasteiger partial charge in [-0.15, -0.1) is 11.3 Å². The second-order valence-corrected chi connectivity index (χ2v) is 6.73. The summed E-state index contributed by atoms with van der Waals surface area (Å²) in [5.41, 5.74) is 7.16. The van der Waals surface area contributed by atoms with Crippen LogP contribution in [-0.4, -0.2) is 31.2 Å². The number of benzene rings is 1. The van der Waals surface area contributed by atoms with Crippen LogP contribution in [0, 0.1) is 0 Å². The zero-order chi connectivity index (χ0) is 18.2. The van der Waals surface area contributed by atoms with Crippen molar-refractivity contribution in [2.75, 3.05) is 20.3 Å². The Kier molecular flexibility index (Phi) is 7.49. The van der Waals surface area contributed by atoms with E-state index in [1.54, 1.807) is 17.4 Å². The number of nitrogens with one attached hydrogen (secondary N) is 1. The molecule has 0 saturated carbocycles. The molecule has 1 aromatic carbocycles. The Morgan fingerprint density at radius 2 is 2.24 bits per heavy atom. The summed E-state index contributed by atoms with van der Waals surface area (Å²) >= 11 is 7.93. The van der Waals surface area contributed by atoms with Crippen LogP contribution in [0.2, 0.25) is 5.02 Å². The normalized spacial score (nSPS) is 10.7. The van der Waals surface area contributed by atoms with E-state index in [-0.39, 0.29) is 6.61 Å². The van der Waals surface area contributed by atoms with E-state index in [4.69, 9.17) is 26.8 Å². The number of halogens is 1. The minimum absolute atomic E-state index is 0.249. The Balaban J connectivity index is 1.90. The minimum atomic E-state index is -0.572. The summed E-state index contributed by atoms with van der Waals surface area (Å²) in [5.74, 6) is 0.219. The maximum Gasteiger partial charge on any atom is 0.255 e. The van der Waals surface area contributed by atoms with E-state index in [2.05, 4.69) is 22.6 Å². The van der Waals surface area contributed by atoms with Crippen molar-refractivity contribution in [1.29, 1.82) is 0 Å². The molecule has 0 aliphatic rings. The van der Waals surface area contributed by atoms with E-state index in [9.17, 15) is 4.79 Å². The fraction of sp³-hybridized carbons (Fsp3) is 0.412. The molecule has 136 valence electrons. The Bertz CT molecular complexity index is 721. The van der Waals surface area contributed by atoms with Gasteiger partial charge in [0.25, 0.3) is 5.91 Å². The van der Waals surface area contributed by atoms with Crippen molar-refractivity contribution in [1.82, 2.24) is 10.3 Å². The minimum Gasteiger partial charge on any atom is -0.493 e. The third kappa shape index (κ3) is 5.88. The van der Waals surface area contributed by atoms with Gasteiger partial charge in [0, 0.05) is 24.9 Å². The van der Waals surface area contributed by atoms with Crippen molar-refractivity contribution in [3.05, 3.63) is 38.8 Å². The molecule has 0 unspecified atom stereocenters. The average Bonchev–Trinajstić information content (AvgIpc) is 3.05.